The highest BCUT2D eigenvalue weighted by Crippen LogP contribution is 2.23. The van der Waals surface area contributed by atoms with E-state index in [1.165, 1.54) is 7.05 Å². The van der Waals surface area contributed by atoms with Crippen molar-refractivity contribution in [2.45, 2.75) is 13.0 Å². The number of esters is 1. The number of carbonyl (C=O) groups is 1. The van der Waals surface area contributed by atoms with Crippen molar-refractivity contribution in [3.63, 3.8) is 0 Å². The molecule has 0 unspecified atom stereocenters. The standard InChI is InChI=1S/C20H16N4O4/c1-12(17-21-22-18(28-17)13-8-4-3-5-9-13)27-20(26)16-14-10-6-7-11-15(14)19(25)24(2)23-16/h3-12H,1-2H3/t12-/m1/s1. The first-order chi connectivity index (χ1) is 13.5. The van der Waals surface area contributed by atoms with Gasteiger partial charge in [-0.1, -0.05) is 36.4 Å². The fourth-order valence-electron chi connectivity index (χ4n) is 2.81. The molecule has 2 aromatic carbocycles. The van der Waals surface area contributed by atoms with Gasteiger partial charge in [-0.2, -0.15) is 5.10 Å². The summed E-state index contributed by atoms with van der Waals surface area (Å²) in [6.07, 6.45) is -0.782. The molecule has 4 aromatic rings. The maximum atomic E-state index is 12.7. The highest BCUT2D eigenvalue weighted by Gasteiger charge is 2.23. The molecule has 0 fully saturated rings. The second kappa shape index (κ2) is 7.07. The minimum Gasteiger partial charge on any atom is -0.448 e. The number of benzene rings is 2. The summed E-state index contributed by atoms with van der Waals surface area (Å²) in [5, 5.41) is 12.8. The lowest BCUT2D eigenvalue weighted by molar-refractivity contribution is 0.0273. The zero-order valence-electron chi connectivity index (χ0n) is 15.2. The monoisotopic (exact) mass is 376 g/mol. The van der Waals surface area contributed by atoms with E-state index in [0.717, 1.165) is 10.2 Å². The maximum Gasteiger partial charge on any atom is 0.360 e. The van der Waals surface area contributed by atoms with Gasteiger partial charge in [0, 0.05) is 18.0 Å². The molecule has 8 heteroatoms. The third-order valence-corrected chi connectivity index (χ3v) is 4.24. The normalized spacial score (nSPS) is 12.1. The van der Waals surface area contributed by atoms with Crippen LogP contribution in [0.2, 0.25) is 0 Å². The Morgan fingerprint density at radius 2 is 1.71 bits per heavy atom. The third-order valence-electron chi connectivity index (χ3n) is 4.24. The average Bonchev–Trinajstić information content (AvgIpc) is 3.22. The number of nitrogens with zero attached hydrogens (tertiary/aromatic N) is 4. The lowest BCUT2D eigenvalue weighted by Crippen LogP contribution is -2.24. The van der Waals surface area contributed by atoms with Crippen LogP contribution in [0.3, 0.4) is 0 Å². The second-order valence-corrected chi connectivity index (χ2v) is 6.18. The largest absolute Gasteiger partial charge is 0.448 e. The van der Waals surface area contributed by atoms with Crippen molar-refractivity contribution in [1.29, 1.82) is 0 Å². The molecule has 0 bridgehead atoms. The molecular weight excluding hydrogens is 360 g/mol. The van der Waals surface area contributed by atoms with Crippen LogP contribution in [-0.4, -0.2) is 25.9 Å². The van der Waals surface area contributed by atoms with E-state index < -0.39 is 12.1 Å². The van der Waals surface area contributed by atoms with Crippen LogP contribution in [0.4, 0.5) is 0 Å². The Morgan fingerprint density at radius 3 is 2.46 bits per heavy atom. The van der Waals surface area contributed by atoms with Gasteiger partial charge in [0.1, 0.15) is 0 Å². The first-order valence-electron chi connectivity index (χ1n) is 8.60. The number of hydrogen-bond donors (Lipinski definition) is 0. The molecule has 0 saturated heterocycles. The van der Waals surface area contributed by atoms with Crippen molar-refractivity contribution in [3.05, 3.63) is 76.5 Å². The number of carbonyl (C=O) groups excluding carboxylic acids is 1. The van der Waals surface area contributed by atoms with Crippen LogP contribution in [0.1, 0.15) is 29.4 Å². The first-order valence-corrected chi connectivity index (χ1v) is 8.60. The molecule has 28 heavy (non-hydrogen) atoms. The minimum absolute atomic E-state index is 0.0485. The van der Waals surface area contributed by atoms with Crippen LogP contribution in [0.25, 0.3) is 22.2 Å². The summed E-state index contributed by atoms with van der Waals surface area (Å²) in [6, 6.07) is 16.0. The molecule has 1 atom stereocenters. The summed E-state index contributed by atoms with van der Waals surface area (Å²) >= 11 is 0. The van der Waals surface area contributed by atoms with Gasteiger partial charge in [-0.3, -0.25) is 4.79 Å². The summed E-state index contributed by atoms with van der Waals surface area (Å²) in [6.45, 7) is 1.63. The molecule has 0 amide bonds. The average molecular weight is 376 g/mol. The van der Waals surface area contributed by atoms with E-state index in [-0.39, 0.29) is 17.1 Å². The number of rotatable bonds is 4. The van der Waals surface area contributed by atoms with Crippen molar-refractivity contribution in [1.82, 2.24) is 20.0 Å². The number of fused-ring (bicyclic) bond motifs is 1. The van der Waals surface area contributed by atoms with Gasteiger partial charge in [0.15, 0.2) is 11.8 Å². The molecule has 0 aliphatic rings. The molecule has 0 aliphatic carbocycles. The van der Waals surface area contributed by atoms with Crippen molar-refractivity contribution in [2.75, 3.05) is 0 Å². The van der Waals surface area contributed by atoms with E-state index in [1.54, 1.807) is 31.2 Å². The van der Waals surface area contributed by atoms with Crippen molar-refractivity contribution >= 4 is 16.7 Å². The quantitative estimate of drug-likeness (QED) is 0.505. The fraction of sp³-hybridized carbons (Fsp3) is 0.150. The lowest BCUT2D eigenvalue weighted by atomic mass is 10.1. The first kappa shape index (κ1) is 17.6. The number of hydrogen-bond acceptors (Lipinski definition) is 7. The van der Waals surface area contributed by atoms with E-state index in [2.05, 4.69) is 15.3 Å². The Hall–Kier alpha value is -3.81. The van der Waals surface area contributed by atoms with Crippen LogP contribution in [-0.2, 0) is 11.8 Å². The molecule has 140 valence electrons. The summed E-state index contributed by atoms with van der Waals surface area (Å²) in [7, 11) is 1.49. The minimum atomic E-state index is -0.782. The molecule has 4 rings (SSSR count). The van der Waals surface area contributed by atoms with Gasteiger partial charge < -0.3 is 9.15 Å². The van der Waals surface area contributed by atoms with E-state index >= 15 is 0 Å². The zero-order chi connectivity index (χ0) is 19.7. The molecule has 2 aromatic heterocycles. The van der Waals surface area contributed by atoms with E-state index in [9.17, 15) is 9.59 Å². The van der Waals surface area contributed by atoms with Gasteiger partial charge >= 0.3 is 5.97 Å². The Kier molecular flexibility index (Phi) is 4.44. The Morgan fingerprint density at radius 1 is 1.04 bits per heavy atom. The lowest BCUT2D eigenvalue weighted by Gasteiger charge is -2.11. The highest BCUT2D eigenvalue weighted by molar-refractivity contribution is 6.02. The summed E-state index contributed by atoms with van der Waals surface area (Å²) < 4.78 is 12.2. The zero-order valence-corrected chi connectivity index (χ0v) is 15.2. The van der Waals surface area contributed by atoms with Gasteiger partial charge in [0.25, 0.3) is 11.4 Å². The van der Waals surface area contributed by atoms with Gasteiger partial charge in [0.2, 0.25) is 5.89 Å². The molecule has 0 N–H and O–H groups in total. The third kappa shape index (κ3) is 3.16. The Labute approximate surface area is 159 Å². The highest BCUT2D eigenvalue weighted by atomic mass is 16.6. The van der Waals surface area contributed by atoms with Crippen LogP contribution >= 0.6 is 0 Å². The molecular formula is C20H16N4O4. The van der Waals surface area contributed by atoms with Gasteiger partial charge in [-0.05, 0) is 25.1 Å². The predicted octanol–water partition coefficient (Wildman–Crippen LogP) is 2.90. The van der Waals surface area contributed by atoms with Crippen molar-refractivity contribution in [2.24, 2.45) is 7.05 Å². The molecule has 8 nitrogen and oxygen atoms in total. The molecule has 0 spiro atoms. The van der Waals surface area contributed by atoms with E-state index in [1.807, 2.05) is 30.3 Å². The van der Waals surface area contributed by atoms with Crippen molar-refractivity contribution in [3.8, 4) is 11.5 Å². The predicted molar refractivity (Wildman–Crippen MR) is 101 cm³/mol. The SMILES string of the molecule is C[C@@H](OC(=O)c1nn(C)c(=O)c2ccccc12)c1nnc(-c2ccccc2)o1. The number of aromatic nitrogens is 4. The Balaban J connectivity index is 1.61. The smallest absolute Gasteiger partial charge is 0.360 e. The Bertz CT molecular complexity index is 1210. The van der Waals surface area contributed by atoms with Crippen LogP contribution in [0.15, 0.2) is 63.8 Å². The summed E-state index contributed by atoms with van der Waals surface area (Å²) in [4.78, 5) is 24.9. The summed E-state index contributed by atoms with van der Waals surface area (Å²) in [5.41, 5.74) is 0.530. The number of ether oxygens (including phenoxy) is 1. The van der Waals surface area contributed by atoms with Crippen LogP contribution in [0.5, 0.6) is 0 Å². The molecule has 0 saturated carbocycles. The van der Waals surface area contributed by atoms with Gasteiger partial charge in [-0.15, -0.1) is 10.2 Å². The van der Waals surface area contributed by atoms with Gasteiger partial charge in [0.05, 0.1) is 5.39 Å². The van der Waals surface area contributed by atoms with Crippen LogP contribution in [0, 0.1) is 0 Å². The topological polar surface area (TPSA) is 100 Å². The maximum absolute atomic E-state index is 12.7. The summed E-state index contributed by atoms with van der Waals surface area (Å²) in [5.74, 6) is -0.177. The second-order valence-electron chi connectivity index (χ2n) is 6.18. The number of aryl methyl sites for hydroxylation is 1. The molecule has 2 heterocycles. The van der Waals surface area contributed by atoms with E-state index in [0.29, 0.717) is 16.7 Å². The van der Waals surface area contributed by atoms with Crippen molar-refractivity contribution < 1.29 is 13.9 Å². The van der Waals surface area contributed by atoms with E-state index in [4.69, 9.17) is 9.15 Å². The molecule has 0 radical (unpaired) electrons. The van der Waals surface area contributed by atoms with Crippen LogP contribution < -0.4 is 5.56 Å². The fourth-order valence-corrected chi connectivity index (χ4v) is 2.81. The van der Waals surface area contributed by atoms with Gasteiger partial charge in [-0.25, -0.2) is 9.48 Å². The molecule has 0 aliphatic heterocycles.